The molecule has 1 amide bonds. The average Bonchev–Trinajstić information content (AvgIpc) is 2.47. The van der Waals surface area contributed by atoms with Crippen LogP contribution in [0.2, 0.25) is 0 Å². The first kappa shape index (κ1) is 8.83. The van der Waals surface area contributed by atoms with E-state index in [2.05, 4.69) is 21.2 Å². The van der Waals surface area contributed by atoms with E-state index < -0.39 is 0 Å². The Hall–Kier alpha value is -1.26. The molecule has 0 bridgehead atoms. The number of rotatable bonds is 1. The molecule has 0 aromatic rings. The molecule has 0 aromatic carbocycles. The second-order valence-corrected chi connectivity index (χ2v) is 2.76. The van der Waals surface area contributed by atoms with Crippen LogP contribution in [0.5, 0.6) is 0 Å². The number of amides is 1. The summed E-state index contributed by atoms with van der Waals surface area (Å²) in [6, 6.07) is 0.353. The third-order valence-electron chi connectivity index (χ3n) is 1.55. The minimum atomic E-state index is -0.0425. The second kappa shape index (κ2) is 3.94. The molecule has 0 saturated carbocycles. The van der Waals surface area contributed by atoms with E-state index in [0.717, 1.165) is 6.54 Å². The van der Waals surface area contributed by atoms with Crippen molar-refractivity contribution >= 4 is 11.9 Å². The van der Waals surface area contributed by atoms with Gasteiger partial charge in [0.1, 0.15) is 0 Å². The van der Waals surface area contributed by atoms with Gasteiger partial charge in [-0.05, 0) is 6.92 Å². The largest absolute Gasteiger partial charge is 0.351 e. The number of carbonyl (C=O) groups excluding carboxylic acids is 1. The fourth-order valence-electron chi connectivity index (χ4n) is 0.846. The van der Waals surface area contributed by atoms with Gasteiger partial charge >= 0.3 is 0 Å². The summed E-state index contributed by atoms with van der Waals surface area (Å²) in [6.07, 6.45) is 0.468. The maximum atomic E-state index is 10.8. The van der Waals surface area contributed by atoms with Gasteiger partial charge in [0.15, 0.2) is 0 Å². The summed E-state index contributed by atoms with van der Waals surface area (Å²) >= 11 is 0. The Morgan fingerprint density at radius 2 is 2.58 bits per heavy atom. The molecule has 5 nitrogen and oxygen atoms in total. The summed E-state index contributed by atoms with van der Waals surface area (Å²) in [5.74, 6) is 0.600. The molecule has 0 aromatic heterocycles. The molecule has 0 fully saturated rings. The number of hydrazine groups is 1. The SMILES string of the molecule is CCC(=O)NNC1=NCC(C)N1. The Morgan fingerprint density at radius 3 is 3.08 bits per heavy atom. The van der Waals surface area contributed by atoms with Crippen molar-refractivity contribution in [2.45, 2.75) is 26.3 Å². The van der Waals surface area contributed by atoms with Crippen LogP contribution in [0.1, 0.15) is 20.3 Å². The normalized spacial score (nSPS) is 21.2. The Morgan fingerprint density at radius 1 is 1.83 bits per heavy atom. The zero-order valence-corrected chi connectivity index (χ0v) is 7.35. The fraction of sp³-hybridized carbons (Fsp3) is 0.714. The smallest absolute Gasteiger partial charge is 0.238 e. The van der Waals surface area contributed by atoms with Gasteiger partial charge < -0.3 is 5.32 Å². The van der Waals surface area contributed by atoms with Crippen LogP contribution >= 0.6 is 0 Å². The molecule has 5 heteroatoms. The zero-order chi connectivity index (χ0) is 8.97. The first-order chi connectivity index (χ1) is 5.72. The highest BCUT2D eigenvalue weighted by atomic mass is 16.2. The summed E-state index contributed by atoms with van der Waals surface area (Å²) < 4.78 is 0. The van der Waals surface area contributed by atoms with Crippen LogP contribution in [0, 0.1) is 0 Å². The van der Waals surface area contributed by atoms with Gasteiger partial charge in [0, 0.05) is 12.5 Å². The molecular formula is C7H14N4O. The van der Waals surface area contributed by atoms with Crippen LogP contribution in [0.25, 0.3) is 0 Å². The zero-order valence-electron chi connectivity index (χ0n) is 7.35. The standard InChI is InChI=1S/C7H14N4O/c1-3-6(12)10-11-7-8-4-5(2)9-7/h5H,3-4H2,1-2H3,(H,10,12)(H2,8,9,11). The van der Waals surface area contributed by atoms with Crippen molar-refractivity contribution < 1.29 is 4.79 Å². The Kier molecular flexibility index (Phi) is 2.90. The van der Waals surface area contributed by atoms with Crippen molar-refractivity contribution in [3.05, 3.63) is 0 Å². The maximum Gasteiger partial charge on any atom is 0.238 e. The predicted molar refractivity (Wildman–Crippen MR) is 46.5 cm³/mol. The number of guanidine groups is 1. The number of aliphatic imine (C=N–C) groups is 1. The van der Waals surface area contributed by atoms with Gasteiger partial charge in [-0.25, -0.2) is 4.99 Å². The van der Waals surface area contributed by atoms with Crippen molar-refractivity contribution in [3.63, 3.8) is 0 Å². The molecule has 0 aliphatic carbocycles. The second-order valence-electron chi connectivity index (χ2n) is 2.76. The number of carbonyl (C=O) groups is 1. The number of hydrogen-bond acceptors (Lipinski definition) is 4. The van der Waals surface area contributed by atoms with Crippen LogP contribution in [0.15, 0.2) is 4.99 Å². The minimum Gasteiger partial charge on any atom is -0.351 e. The molecule has 0 spiro atoms. The quantitative estimate of drug-likeness (QED) is 0.459. The lowest BCUT2D eigenvalue weighted by atomic mass is 10.4. The lowest BCUT2D eigenvalue weighted by Crippen LogP contribution is -2.47. The summed E-state index contributed by atoms with van der Waals surface area (Å²) in [6.45, 7) is 4.58. The van der Waals surface area contributed by atoms with Crippen LogP contribution in [-0.2, 0) is 4.79 Å². The van der Waals surface area contributed by atoms with Crippen LogP contribution < -0.4 is 16.2 Å². The lowest BCUT2D eigenvalue weighted by molar-refractivity contribution is -0.121. The van der Waals surface area contributed by atoms with E-state index in [1.807, 2.05) is 6.92 Å². The first-order valence-electron chi connectivity index (χ1n) is 4.08. The van der Waals surface area contributed by atoms with E-state index in [4.69, 9.17) is 0 Å². The molecule has 0 radical (unpaired) electrons. The number of hydrogen-bond donors (Lipinski definition) is 3. The Balaban J connectivity index is 2.20. The van der Waals surface area contributed by atoms with E-state index in [1.165, 1.54) is 0 Å². The molecule has 1 atom stereocenters. The van der Waals surface area contributed by atoms with Crippen molar-refractivity contribution in [2.75, 3.05) is 6.54 Å². The molecule has 1 aliphatic rings. The highest BCUT2D eigenvalue weighted by Gasteiger charge is 2.11. The van der Waals surface area contributed by atoms with Crippen molar-refractivity contribution in [1.82, 2.24) is 16.2 Å². The number of nitrogens with one attached hydrogen (secondary N) is 3. The number of nitrogens with zero attached hydrogens (tertiary/aromatic N) is 1. The van der Waals surface area contributed by atoms with Crippen LogP contribution in [0.3, 0.4) is 0 Å². The summed E-state index contributed by atoms with van der Waals surface area (Å²) in [5.41, 5.74) is 5.21. The van der Waals surface area contributed by atoms with Crippen LogP contribution in [0.4, 0.5) is 0 Å². The van der Waals surface area contributed by atoms with Crippen molar-refractivity contribution in [2.24, 2.45) is 4.99 Å². The molecule has 0 saturated heterocycles. The van der Waals surface area contributed by atoms with E-state index in [9.17, 15) is 4.79 Å². The summed E-state index contributed by atoms with van der Waals surface area (Å²) in [5, 5.41) is 3.06. The fourth-order valence-corrected chi connectivity index (χ4v) is 0.846. The Labute approximate surface area is 71.6 Å². The molecule has 1 heterocycles. The van der Waals surface area contributed by atoms with Gasteiger partial charge in [0.05, 0.1) is 6.54 Å². The summed E-state index contributed by atoms with van der Waals surface area (Å²) in [4.78, 5) is 14.9. The molecule has 1 rings (SSSR count). The lowest BCUT2D eigenvalue weighted by Gasteiger charge is -2.08. The molecule has 68 valence electrons. The van der Waals surface area contributed by atoms with Crippen LogP contribution in [-0.4, -0.2) is 24.5 Å². The summed E-state index contributed by atoms with van der Waals surface area (Å²) in [7, 11) is 0. The van der Waals surface area contributed by atoms with Crippen molar-refractivity contribution in [3.8, 4) is 0 Å². The van der Waals surface area contributed by atoms with Gasteiger partial charge in [0.2, 0.25) is 11.9 Å². The van der Waals surface area contributed by atoms with E-state index in [0.29, 0.717) is 18.4 Å². The predicted octanol–water partition coefficient (Wildman–Crippen LogP) is -0.635. The Bertz CT molecular complexity index is 202. The van der Waals surface area contributed by atoms with E-state index in [-0.39, 0.29) is 5.91 Å². The monoisotopic (exact) mass is 170 g/mol. The molecule has 1 unspecified atom stereocenters. The van der Waals surface area contributed by atoms with Gasteiger partial charge in [-0.15, -0.1) is 0 Å². The van der Waals surface area contributed by atoms with Gasteiger partial charge in [-0.3, -0.25) is 15.6 Å². The highest BCUT2D eigenvalue weighted by molar-refractivity contribution is 5.85. The molecule has 3 N–H and O–H groups in total. The third kappa shape index (κ3) is 2.41. The third-order valence-corrected chi connectivity index (χ3v) is 1.55. The van der Waals surface area contributed by atoms with E-state index >= 15 is 0 Å². The molecular weight excluding hydrogens is 156 g/mol. The van der Waals surface area contributed by atoms with E-state index in [1.54, 1.807) is 6.92 Å². The minimum absolute atomic E-state index is 0.0425. The highest BCUT2D eigenvalue weighted by Crippen LogP contribution is 1.90. The average molecular weight is 170 g/mol. The molecule has 12 heavy (non-hydrogen) atoms. The van der Waals surface area contributed by atoms with Gasteiger partial charge in [0.25, 0.3) is 0 Å². The topological polar surface area (TPSA) is 65.5 Å². The van der Waals surface area contributed by atoms with Gasteiger partial charge in [-0.1, -0.05) is 6.92 Å². The first-order valence-corrected chi connectivity index (χ1v) is 4.08. The maximum absolute atomic E-state index is 10.8. The van der Waals surface area contributed by atoms with Gasteiger partial charge in [-0.2, -0.15) is 0 Å². The van der Waals surface area contributed by atoms with Crippen molar-refractivity contribution in [1.29, 1.82) is 0 Å². The molecule has 1 aliphatic heterocycles.